The fraction of sp³-hybridized carbons (Fsp3) is 0.0833. The van der Waals surface area contributed by atoms with Crippen LogP contribution in [0, 0.1) is 10.1 Å². The van der Waals surface area contributed by atoms with Crippen molar-refractivity contribution in [3.63, 3.8) is 0 Å². The minimum atomic E-state index is -3.92. The van der Waals surface area contributed by atoms with Gasteiger partial charge in [-0.05, 0) is 24.3 Å². The standard InChI is InChI=1S/C12H12N4O4S/c1-13-11-5-4-10(7-12(11)16(17)18)21(19,20)15-9-3-2-6-14-8-9/h2-8,13,15H,1H3. The fourth-order valence-corrected chi connectivity index (χ4v) is 2.74. The van der Waals surface area contributed by atoms with E-state index in [1.165, 1.54) is 37.6 Å². The van der Waals surface area contributed by atoms with E-state index < -0.39 is 14.9 Å². The van der Waals surface area contributed by atoms with Gasteiger partial charge in [0.05, 0.1) is 21.7 Å². The second-order valence-electron chi connectivity index (χ2n) is 4.03. The highest BCUT2D eigenvalue weighted by atomic mass is 32.2. The van der Waals surface area contributed by atoms with E-state index in [0.29, 0.717) is 0 Å². The lowest BCUT2D eigenvalue weighted by atomic mass is 10.3. The van der Waals surface area contributed by atoms with E-state index in [0.717, 1.165) is 6.07 Å². The van der Waals surface area contributed by atoms with Crippen LogP contribution in [0.5, 0.6) is 0 Å². The number of nitro groups is 1. The molecule has 2 rings (SSSR count). The van der Waals surface area contributed by atoms with Gasteiger partial charge in [0.15, 0.2) is 0 Å². The molecule has 0 radical (unpaired) electrons. The van der Waals surface area contributed by atoms with Crippen molar-refractivity contribution in [1.29, 1.82) is 0 Å². The van der Waals surface area contributed by atoms with Crippen molar-refractivity contribution in [2.75, 3.05) is 17.1 Å². The highest BCUT2D eigenvalue weighted by Gasteiger charge is 2.21. The monoisotopic (exact) mass is 308 g/mol. The summed E-state index contributed by atoms with van der Waals surface area (Å²) in [4.78, 5) is 13.9. The lowest BCUT2D eigenvalue weighted by Crippen LogP contribution is -2.13. The predicted octanol–water partition coefficient (Wildman–Crippen LogP) is 1.83. The van der Waals surface area contributed by atoms with Gasteiger partial charge in [-0.2, -0.15) is 0 Å². The van der Waals surface area contributed by atoms with Crippen LogP contribution < -0.4 is 10.0 Å². The number of sulfonamides is 1. The lowest BCUT2D eigenvalue weighted by Gasteiger charge is -2.09. The van der Waals surface area contributed by atoms with Gasteiger partial charge in [0.2, 0.25) is 0 Å². The van der Waals surface area contributed by atoms with Crippen molar-refractivity contribution in [2.24, 2.45) is 0 Å². The number of aromatic nitrogens is 1. The maximum atomic E-state index is 12.2. The first-order valence-corrected chi connectivity index (χ1v) is 7.31. The molecule has 2 N–H and O–H groups in total. The molecule has 1 heterocycles. The van der Waals surface area contributed by atoms with Gasteiger partial charge in [-0.25, -0.2) is 8.42 Å². The Bertz CT molecular complexity index is 762. The third kappa shape index (κ3) is 3.26. The summed E-state index contributed by atoms with van der Waals surface area (Å²) in [7, 11) is -2.40. The topological polar surface area (TPSA) is 114 Å². The third-order valence-electron chi connectivity index (χ3n) is 2.66. The van der Waals surface area contributed by atoms with Crippen LogP contribution in [-0.2, 0) is 10.0 Å². The molecular formula is C12H12N4O4S. The molecule has 0 unspecified atom stereocenters. The molecule has 0 atom stereocenters. The molecule has 0 aliphatic carbocycles. The van der Waals surface area contributed by atoms with Gasteiger partial charge in [-0.3, -0.25) is 19.8 Å². The van der Waals surface area contributed by atoms with E-state index in [4.69, 9.17) is 0 Å². The van der Waals surface area contributed by atoms with Gasteiger partial charge in [-0.15, -0.1) is 0 Å². The van der Waals surface area contributed by atoms with Crippen molar-refractivity contribution in [1.82, 2.24) is 4.98 Å². The van der Waals surface area contributed by atoms with Gasteiger partial charge in [0.1, 0.15) is 5.69 Å². The molecule has 9 heteroatoms. The number of anilines is 2. The smallest absolute Gasteiger partial charge is 0.293 e. The molecule has 0 saturated carbocycles. The zero-order valence-corrected chi connectivity index (χ0v) is 11.8. The van der Waals surface area contributed by atoms with Gasteiger partial charge in [0.25, 0.3) is 15.7 Å². The van der Waals surface area contributed by atoms with Crippen LogP contribution in [-0.4, -0.2) is 25.4 Å². The number of nitrogens with one attached hydrogen (secondary N) is 2. The number of nitrogens with zero attached hydrogens (tertiary/aromatic N) is 2. The number of benzene rings is 1. The van der Waals surface area contributed by atoms with E-state index in [2.05, 4.69) is 15.0 Å². The average molecular weight is 308 g/mol. The predicted molar refractivity (Wildman–Crippen MR) is 77.7 cm³/mol. The number of hydrogen-bond donors (Lipinski definition) is 2. The Labute approximate surface area is 121 Å². The maximum absolute atomic E-state index is 12.2. The molecule has 1 aromatic carbocycles. The summed E-state index contributed by atoms with van der Waals surface area (Å²) in [6.07, 6.45) is 2.85. The van der Waals surface area contributed by atoms with Crippen LogP contribution in [0.25, 0.3) is 0 Å². The molecule has 0 amide bonds. The summed E-state index contributed by atoms with van der Waals surface area (Å²) < 4.78 is 26.7. The molecule has 0 aliphatic rings. The molecule has 8 nitrogen and oxygen atoms in total. The zero-order valence-electron chi connectivity index (χ0n) is 11.0. The first-order chi connectivity index (χ1) is 9.94. The van der Waals surface area contributed by atoms with Crippen molar-refractivity contribution >= 4 is 27.1 Å². The van der Waals surface area contributed by atoms with Gasteiger partial charge in [0, 0.05) is 19.3 Å². The van der Waals surface area contributed by atoms with Crippen molar-refractivity contribution < 1.29 is 13.3 Å². The van der Waals surface area contributed by atoms with E-state index in [-0.39, 0.29) is 22.0 Å². The molecule has 0 aliphatic heterocycles. The molecule has 0 bridgehead atoms. The highest BCUT2D eigenvalue weighted by Crippen LogP contribution is 2.27. The molecule has 2 aromatic rings. The van der Waals surface area contributed by atoms with E-state index >= 15 is 0 Å². The SMILES string of the molecule is CNc1ccc(S(=O)(=O)Nc2cccnc2)cc1[N+](=O)[O-]. The normalized spacial score (nSPS) is 10.9. The second kappa shape index (κ2) is 5.75. The van der Waals surface area contributed by atoms with E-state index in [9.17, 15) is 18.5 Å². The molecule has 1 aromatic heterocycles. The van der Waals surface area contributed by atoms with Gasteiger partial charge >= 0.3 is 0 Å². The van der Waals surface area contributed by atoms with Crippen molar-refractivity contribution in [3.05, 3.63) is 52.8 Å². The maximum Gasteiger partial charge on any atom is 0.293 e. The van der Waals surface area contributed by atoms with Crippen LogP contribution in [0.3, 0.4) is 0 Å². The highest BCUT2D eigenvalue weighted by molar-refractivity contribution is 7.92. The zero-order chi connectivity index (χ0) is 15.5. The van der Waals surface area contributed by atoms with Crippen molar-refractivity contribution in [3.8, 4) is 0 Å². The summed E-state index contributed by atoms with van der Waals surface area (Å²) in [6.45, 7) is 0. The van der Waals surface area contributed by atoms with Crippen LogP contribution in [0.1, 0.15) is 0 Å². The van der Waals surface area contributed by atoms with Gasteiger partial charge < -0.3 is 5.32 Å². The van der Waals surface area contributed by atoms with E-state index in [1.807, 2.05) is 0 Å². The molecule has 0 saturated heterocycles. The average Bonchev–Trinajstić information content (AvgIpc) is 2.47. The Morgan fingerprint density at radius 3 is 2.62 bits per heavy atom. The number of pyridine rings is 1. The molecule has 0 fully saturated rings. The molecule has 21 heavy (non-hydrogen) atoms. The Balaban J connectivity index is 2.41. The number of rotatable bonds is 5. The molecular weight excluding hydrogens is 296 g/mol. The Morgan fingerprint density at radius 1 is 1.29 bits per heavy atom. The van der Waals surface area contributed by atoms with Gasteiger partial charge in [-0.1, -0.05) is 0 Å². The summed E-state index contributed by atoms with van der Waals surface area (Å²) in [5.41, 5.74) is 0.199. The molecule has 110 valence electrons. The quantitative estimate of drug-likeness (QED) is 0.643. The first kappa shape index (κ1) is 14.7. The Kier molecular flexibility index (Phi) is 4.03. The Hall–Kier alpha value is -2.68. The van der Waals surface area contributed by atoms with E-state index in [1.54, 1.807) is 6.07 Å². The summed E-state index contributed by atoms with van der Waals surface area (Å²) in [5, 5.41) is 13.6. The van der Waals surface area contributed by atoms with Crippen LogP contribution in [0.15, 0.2) is 47.6 Å². The largest absolute Gasteiger partial charge is 0.383 e. The molecule has 0 spiro atoms. The lowest BCUT2D eigenvalue weighted by molar-refractivity contribution is -0.384. The van der Waals surface area contributed by atoms with Crippen LogP contribution in [0.4, 0.5) is 17.1 Å². The number of hydrogen-bond acceptors (Lipinski definition) is 6. The minimum absolute atomic E-state index is 0.197. The first-order valence-electron chi connectivity index (χ1n) is 5.83. The number of nitro benzene ring substituents is 1. The van der Waals surface area contributed by atoms with Crippen molar-refractivity contribution in [2.45, 2.75) is 4.90 Å². The third-order valence-corrected chi connectivity index (χ3v) is 4.04. The van der Waals surface area contributed by atoms with Crippen LogP contribution >= 0.6 is 0 Å². The second-order valence-corrected chi connectivity index (χ2v) is 5.72. The summed E-state index contributed by atoms with van der Waals surface area (Å²) >= 11 is 0. The minimum Gasteiger partial charge on any atom is -0.383 e. The van der Waals surface area contributed by atoms with Crippen LogP contribution in [0.2, 0.25) is 0 Å². The summed E-state index contributed by atoms with van der Waals surface area (Å²) in [6, 6.07) is 6.74. The summed E-state index contributed by atoms with van der Waals surface area (Å²) in [5.74, 6) is 0. The Morgan fingerprint density at radius 2 is 2.05 bits per heavy atom. The fourth-order valence-electron chi connectivity index (χ4n) is 1.68.